The number of amides is 2. The van der Waals surface area contributed by atoms with Gasteiger partial charge in [0.1, 0.15) is 31.5 Å². The van der Waals surface area contributed by atoms with Gasteiger partial charge in [-0.25, -0.2) is 4.79 Å². The Morgan fingerprint density at radius 2 is 1.46 bits per heavy atom. The summed E-state index contributed by atoms with van der Waals surface area (Å²) in [5.41, 5.74) is -0.949. The van der Waals surface area contributed by atoms with Crippen molar-refractivity contribution in [3.63, 3.8) is 0 Å². The highest BCUT2D eigenvalue weighted by Crippen LogP contribution is 2.38. The van der Waals surface area contributed by atoms with Gasteiger partial charge in [-0.15, -0.1) is 0 Å². The molecular weight excluding hydrogens is 517 g/mol. The maximum Gasteiger partial charge on any atom is 0.471 e. The highest BCUT2D eigenvalue weighted by molar-refractivity contribution is 6.74. The van der Waals surface area contributed by atoms with Gasteiger partial charge >= 0.3 is 18.2 Å². The third-order valence-electron chi connectivity index (χ3n) is 6.25. The Morgan fingerprint density at radius 1 is 0.946 bits per heavy atom. The van der Waals surface area contributed by atoms with Crippen LogP contribution in [0.5, 0.6) is 0 Å². The number of alkyl halides is 3. The van der Waals surface area contributed by atoms with Crippen LogP contribution in [0.2, 0.25) is 18.1 Å². The number of methoxy groups -OCH3 is 2. The van der Waals surface area contributed by atoms with Crippen molar-refractivity contribution >= 4 is 20.3 Å². The number of rotatable bonds is 10. The SMILES string of the molecule is COCO[C@@H]1[C@@H](CO[Si](C)(C)C(C)(C)C)CN(C(=O)OC(C)(C)C)[C@@H](NC(=O)C(F)(F)F)[C@H]1OCOC. The quantitative estimate of drug-likeness (QED) is 0.317. The molecule has 0 saturated carbocycles. The monoisotopic (exact) mass is 560 g/mol. The fourth-order valence-corrected chi connectivity index (χ4v) is 4.43. The van der Waals surface area contributed by atoms with Crippen molar-refractivity contribution in [2.75, 3.05) is 41.0 Å². The first-order chi connectivity index (χ1) is 16.7. The van der Waals surface area contributed by atoms with Gasteiger partial charge in [0, 0.05) is 33.3 Å². The predicted molar refractivity (Wildman–Crippen MR) is 131 cm³/mol. The van der Waals surface area contributed by atoms with Gasteiger partial charge in [-0.1, -0.05) is 20.8 Å². The number of nitrogens with zero attached hydrogens (tertiary/aromatic N) is 1. The van der Waals surface area contributed by atoms with E-state index in [0.29, 0.717) is 0 Å². The molecule has 1 aliphatic heterocycles. The topological polar surface area (TPSA) is 105 Å². The average molecular weight is 561 g/mol. The number of hydrogen-bond acceptors (Lipinski definition) is 8. The molecule has 0 unspecified atom stereocenters. The standard InChI is InChI=1S/C23H43F3N2O8Si/c1-21(2,3)36-20(30)28-11-15(12-35-37(9,10)22(4,5)6)16(33-13-31-7)17(34-14-32-8)18(28)27-19(29)23(24,25)26/h15-18H,11-14H2,1-10H3,(H,27,29)/t15-,16-,17+,18-/m1/s1. The second-order valence-electron chi connectivity index (χ2n) is 11.5. The van der Waals surface area contributed by atoms with Crippen LogP contribution in [0.1, 0.15) is 41.5 Å². The zero-order valence-corrected chi connectivity index (χ0v) is 24.5. The van der Waals surface area contributed by atoms with Crippen LogP contribution in [0.25, 0.3) is 0 Å². The molecule has 1 rings (SSSR count). The summed E-state index contributed by atoms with van der Waals surface area (Å²) >= 11 is 0. The minimum atomic E-state index is -5.20. The lowest BCUT2D eigenvalue weighted by Crippen LogP contribution is -2.69. The van der Waals surface area contributed by atoms with Crippen molar-refractivity contribution in [3.8, 4) is 0 Å². The van der Waals surface area contributed by atoms with Gasteiger partial charge in [0.05, 0.1) is 6.10 Å². The molecule has 4 atom stereocenters. The van der Waals surface area contributed by atoms with Gasteiger partial charge < -0.3 is 33.4 Å². The number of nitrogens with one attached hydrogen (secondary N) is 1. The Bertz CT molecular complexity index is 756. The number of ether oxygens (including phenoxy) is 5. The maximum absolute atomic E-state index is 13.2. The van der Waals surface area contributed by atoms with Crippen LogP contribution in [0.15, 0.2) is 0 Å². The molecule has 14 heteroatoms. The lowest BCUT2D eigenvalue weighted by molar-refractivity contribution is -0.219. The molecule has 10 nitrogen and oxygen atoms in total. The molecule has 0 aliphatic carbocycles. The molecule has 1 heterocycles. The number of carbonyl (C=O) groups excluding carboxylic acids is 2. The zero-order valence-electron chi connectivity index (χ0n) is 23.5. The minimum Gasteiger partial charge on any atom is -0.444 e. The van der Waals surface area contributed by atoms with E-state index in [-0.39, 0.29) is 31.8 Å². The Hall–Kier alpha value is -1.45. The summed E-state index contributed by atoms with van der Waals surface area (Å²) in [4.78, 5) is 26.2. The third kappa shape index (κ3) is 9.98. The van der Waals surface area contributed by atoms with E-state index in [1.807, 2.05) is 5.32 Å². The van der Waals surface area contributed by atoms with Gasteiger partial charge in [-0.05, 0) is 38.9 Å². The highest BCUT2D eigenvalue weighted by Gasteiger charge is 2.52. The van der Waals surface area contributed by atoms with Gasteiger partial charge in [0.2, 0.25) is 0 Å². The van der Waals surface area contributed by atoms with Crippen molar-refractivity contribution < 1.29 is 50.9 Å². The summed E-state index contributed by atoms with van der Waals surface area (Å²) in [7, 11) is 0.470. The van der Waals surface area contributed by atoms with Gasteiger partial charge in [0.25, 0.3) is 0 Å². The van der Waals surface area contributed by atoms with E-state index in [0.717, 1.165) is 4.90 Å². The molecule has 1 aliphatic rings. The van der Waals surface area contributed by atoms with Crippen LogP contribution in [0.3, 0.4) is 0 Å². The summed E-state index contributed by atoms with van der Waals surface area (Å²) < 4.78 is 73.2. The first-order valence-electron chi connectivity index (χ1n) is 12.0. The summed E-state index contributed by atoms with van der Waals surface area (Å²) in [5, 5.41) is 1.77. The zero-order chi connectivity index (χ0) is 28.8. The van der Waals surface area contributed by atoms with Crippen molar-refractivity contribution in [3.05, 3.63) is 0 Å². The Balaban J connectivity index is 3.51. The fraction of sp³-hybridized carbons (Fsp3) is 0.913. The average Bonchev–Trinajstić information content (AvgIpc) is 2.72. The number of halogens is 3. The van der Waals surface area contributed by atoms with Crippen molar-refractivity contribution in [2.24, 2.45) is 5.92 Å². The van der Waals surface area contributed by atoms with Crippen LogP contribution in [0, 0.1) is 5.92 Å². The summed E-state index contributed by atoms with van der Waals surface area (Å²) in [6.07, 6.45) is -9.89. The van der Waals surface area contributed by atoms with Crippen molar-refractivity contribution in [1.29, 1.82) is 0 Å². The van der Waals surface area contributed by atoms with Crippen LogP contribution < -0.4 is 5.32 Å². The molecule has 0 radical (unpaired) electrons. The predicted octanol–water partition coefficient (Wildman–Crippen LogP) is 3.86. The second kappa shape index (κ2) is 13.1. The van der Waals surface area contributed by atoms with E-state index in [2.05, 4.69) is 33.9 Å². The van der Waals surface area contributed by atoms with Crippen molar-refractivity contribution in [2.45, 2.75) is 89.8 Å². The number of piperidine rings is 1. The fourth-order valence-electron chi connectivity index (χ4n) is 3.37. The van der Waals surface area contributed by atoms with E-state index in [1.54, 1.807) is 20.8 Å². The summed E-state index contributed by atoms with van der Waals surface area (Å²) in [6.45, 7) is 14.6. The Morgan fingerprint density at radius 3 is 1.89 bits per heavy atom. The molecule has 37 heavy (non-hydrogen) atoms. The van der Waals surface area contributed by atoms with E-state index in [4.69, 9.17) is 28.1 Å². The molecule has 2 amide bonds. The van der Waals surface area contributed by atoms with E-state index in [9.17, 15) is 22.8 Å². The molecule has 1 saturated heterocycles. The highest BCUT2D eigenvalue weighted by atomic mass is 28.4. The molecule has 218 valence electrons. The number of carbonyl (C=O) groups is 2. The molecule has 1 N–H and O–H groups in total. The van der Waals surface area contributed by atoms with E-state index < -0.39 is 56.4 Å². The minimum absolute atomic E-state index is 0.120. The van der Waals surface area contributed by atoms with Crippen LogP contribution in [-0.4, -0.2) is 96.3 Å². The van der Waals surface area contributed by atoms with E-state index >= 15 is 0 Å². The Labute approximate surface area is 218 Å². The smallest absolute Gasteiger partial charge is 0.444 e. The summed E-state index contributed by atoms with van der Waals surface area (Å²) in [6, 6.07) is 0. The number of hydrogen-bond donors (Lipinski definition) is 1. The maximum atomic E-state index is 13.2. The molecular formula is C23H43F3N2O8Si. The largest absolute Gasteiger partial charge is 0.471 e. The van der Waals surface area contributed by atoms with Crippen LogP contribution in [-0.2, 0) is 32.9 Å². The first-order valence-corrected chi connectivity index (χ1v) is 14.9. The normalized spacial score (nSPS) is 23.6. The van der Waals surface area contributed by atoms with Gasteiger partial charge in [-0.2, -0.15) is 13.2 Å². The van der Waals surface area contributed by atoms with Crippen molar-refractivity contribution in [1.82, 2.24) is 10.2 Å². The molecule has 0 spiro atoms. The van der Waals surface area contributed by atoms with Crippen LogP contribution >= 0.6 is 0 Å². The molecule has 0 aromatic carbocycles. The molecule has 0 aromatic heterocycles. The first kappa shape index (κ1) is 33.6. The Kier molecular flexibility index (Phi) is 11.9. The van der Waals surface area contributed by atoms with Gasteiger partial charge in [0.15, 0.2) is 8.32 Å². The molecule has 1 fully saturated rings. The third-order valence-corrected chi connectivity index (χ3v) is 10.8. The van der Waals surface area contributed by atoms with Gasteiger partial charge in [-0.3, -0.25) is 9.69 Å². The molecule has 0 bridgehead atoms. The second-order valence-corrected chi connectivity index (χ2v) is 16.3. The lowest BCUT2D eigenvalue weighted by Gasteiger charge is -2.49. The summed E-state index contributed by atoms with van der Waals surface area (Å²) in [5.74, 6) is -2.80. The lowest BCUT2D eigenvalue weighted by atomic mass is 9.90. The van der Waals surface area contributed by atoms with E-state index in [1.165, 1.54) is 14.2 Å². The van der Waals surface area contributed by atoms with Crippen LogP contribution in [0.4, 0.5) is 18.0 Å². The number of likely N-dealkylation sites (tertiary alicyclic amines) is 1. The molecule has 0 aromatic rings.